The molecule has 70 valence electrons. The molecule has 0 radical (unpaired) electrons. The molecule has 5 nitrogen and oxygen atoms in total. The van der Waals surface area contributed by atoms with Crippen molar-refractivity contribution in [1.82, 2.24) is 5.48 Å². The lowest BCUT2D eigenvalue weighted by Crippen LogP contribution is -2.45. The van der Waals surface area contributed by atoms with Crippen molar-refractivity contribution in [3.05, 3.63) is 0 Å². The number of nitrogens with one attached hydrogen (secondary N) is 1. The molecule has 0 heterocycles. The van der Waals surface area contributed by atoms with Gasteiger partial charge in [-0.15, -0.1) is 0 Å². The first-order valence-electron chi connectivity index (χ1n) is 3.90. The minimum atomic E-state index is -0.467. The van der Waals surface area contributed by atoms with E-state index in [1.807, 2.05) is 0 Å². The largest absolute Gasteiger partial charge is 0.381 e. The number of nitrogens with two attached hydrogens (primary N) is 1. The summed E-state index contributed by atoms with van der Waals surface area (Å²) in [6, 6.07) is 0.300. The van der Waals surface area contributed by atoms with E-state index >= 15 is 0 Å². The van der Waals surface area contributed by atoms with Gasteiger partial charge in [-0.1, -0.05) is 0 Å². The van der Waals surface area contributed by atoms with Crippen LogP contribution in [-0.2, 0) is 14.4 Å². The van der Waals surface area contributed by atoms with Gasteiger partial charge in [0, 0.05) is 13.2 Å². The fraction of sp³-hybridized carbons (Fsp3) is 0.857. The number of hydrogen-bond donors (Lipinski definition) is 2. The average Bonchev–Trinajstić information content (AvgIpc) is 1.93. The topological polar surface area (TPSA) is 73.6 Å². The predicted molar refractivity (Wildman–Crippen MR) is 42.1 cm³/mol. The lowest BCUT2D eigenvalue weighted by atomic mass is 9.90. The molecule has 0 atom stereocenters. The molecule has 0 aromatic carbocycles. The van der Waals surface area contributed by atoms with Gasteiger partial charge >= 0.3 is 0 Å². The van der Waals surface area contributed by atoms with Crippen molar-refractivity contribution in [1.29, 1.82) is 0 Å². The van der Waals surface area contributed by atoms with E-state index in [1.165, 1.54) is 0 Å². The lowest BCUT2D eigenvalue weighted by Gasteiger charge is -2.33. The van der Waals surface area contributed by atoms with Crippen molar-refractivity contribution in [3.63, 3.8) is 0 Å². The molecular weight excluding hydrogens is 160 g/mol. The van der Waals surface area contributed by atoms with Gasteiger partial charge in [0.2, 0.25) is 5.91 Å². The summed E-state index contributed by atoms with van der Waals surface area (Å²) in [4.78, 5) is 15.1. The van der Waals surface area contributed by atoms with Crippen molar-refractivity contribution in [2.45, 2.75) is 25.0 Å². The van der Waals surface area contributed by atoms with Gasteiger partial charge in [0.15, 0.2) is 0 Å². The lowest BCUT2D eigenvalue weighted by molar-refractivity contribution is -0.128. The molecule has 0 aromatic heterocycles. The monoisotopic (exact) mass is 174 g/mol. The van der Waals surface area contributed by atoms with E-state index in [2.05, 4.69) is 5.48 Å². The first kappa shape index (κ1) is 9.44. The van der Waals surface area contributed by atoms with Crippen LogP contribution in [0.5, 0.6) is 0 Å². The molecule has 0 saturated heterocycles. The van der Waals surface area contributed by atoms with Crippen LogP contribution >= 0.6 is 0 Å². The maximum absolute atomic E-state index is 10.2. The number of hydroxylamine groups is 1. The Morgan fingerprint density at radius 2 is 2.33 bits per heavy atom. The minimum Gasteiger partial charge on any atom is -0.381 e. The van der Waals surface area contributed by atoms with Crippen molar-refractivity contribution < 1.29 is 14.4 Å². The Hall–Kier alpha value is -0.650. The number of rotatable bonds is 5. The third kappa shape index (κ3) is 2.77. The summed E-state index contributed by atoms with van der Waals surface area (Å²) in [7, 11) is 1.69. The van der Waals surface area contributed by atoms with Crippen LogP contribution in [-0.4, -0.2) is 31.8 Å². The van der Waals surface area contributed by atoms with Crippen LogP contribution in [0.3, 0.4) is 0 Å². The second kappa shape index (κ2) is 4.39. The van der Waals surface area contributed by atoms with E-state index in [0.29, 0.717) is 12.1 Å². The van der Waals surface area contributed by atoms with Gasteiger partial charge in [-0.25, -0.2) is 0 Å². The molecule has 1 rings (SSSR count). The van der Waals surface area contributed by atoms with E-state index in [4.69, 9.17) is 15.3 Å². The van der Waals surface area contributed by atoms with Crippen LogP contribution in [0.2, 0.25) is 0 Å². The van der Waals surface area contributed by atoms with Crippen molar-refractivity contribution >= 4 is 5.91 Å². The number of hydrogen-bond acceptors (Lipinski definition) is 4. The highest BCUT2D eigenvalue weighted by molar-refractivity contribution is 5.74. The zero-order chi connectivity index (χ0) is 8.97. The number of primary amides is 1. The summed E-state index contributed by atoms with van der Waals surface area (Å²) in [5.74, 6) is -0.467. The zero-order valence-electron chi connectivity index (χ0n) is 7.08. The molecule has 12 heavy (non-hydrogen) atoms. The Bertz CT molecular complexity index is 157. The molecule has 0 aliphatic heterocycles. The smallest absolute Gasteiger partial charge is 0.245 e. The maximum atomic E-state index is 10.2. The van der Waals surface area contributed by atoms with E-state index in [-0.39, 0.29) is 6.61 Å². The Labute approximate surface area is 71.2 Å². The Kier molecular flexibility index (Phi) is 3.46. The molecule has 1 fully saturated rings. The van der Waals surface area contributed by atoms with Gasteiger partial charge in [-0.2, -0.15) is 5.48 Å². The minimum absolute atomic E-state index is 0.0752. The molecule has 0 unspecified atom stereocenters. The molecule has 5 heteroatoms. The fourth-order valence-corrected chi connectivity index (χ4v) is 1.08. The molecule has 1 amide bonds. The molecule has 1 saturated carbocycles. The highest BCUT2D eigenvalue weighted by atomic mass is 16.6. The molecule has 0 aromatic rings. The predicted octanol–water partition coefficient (Wildman–Crippen LogP) is -0.830. The van der Waals surface area contributed by atoms with Crippen molar-refractivity contribution in [2.75, 3.05) is 13.7 Å². The van der Waals surface area contributed by atoms with Crippen LogP contribution < -0.4 is 11.2 Å². The SMILES string of the molecule is COC1CC(NOCC(N)=O)C1. The van der Waals surface area contributed by atoms with E-state index in [1.54, 1.807) is 7.11 Å². The highest BCUT2D eigenvalue weighted by Gasteiger charge is 2.28. The summed E-state index contributed by atoms with van der Waals surface area (Å²) in [5, 5.41) is 0. The summed E-state index contributed by atoms with van der Waals surface area (Å²) in [6.07, 6.45) is 2.18. The van der Waals surface area contributed by atoms with Crippen LogP contribution in [0.1, 0.15) is 12.8 Å². The van der Waals surface area contributed by atoms with Gasteiger partial charge in [-0.3, -0.25) is 9.63 Å². The molecule has 1 aliphatic rings. The molecule has 1 aliphatic carbocycles. The first-order valence-corrected chi connectivity index (χ1v) is 3.90. The van der Waals surface area contributed by atoms with Crippen LogP contribution in [0.4, 0.5) is 0 Å². The molecular formula is C7H14N2O3. The second-order valence-electron chi connectivity index (χ2n) is 2.90. The van der Waals surface area contributed by atoms with Crippen molar-refractivity contribution in [3.8, 4) is 0 Å². The fourth-order valence-electron chi connectivity index (χ4n) is 1.08. The van der Waals surface area contributed by atoms with E-state index in [0.717, 1.165) is 12.8 Å². The Balaban J connectivity index is 1.93. The molecule has 0 bridgehead atoms. The standard InChI is InChI=1S/C7H14N2O3/c1-11-6-2-5(3-6)9-12-4-7(8)10/h5-6,9H,2-4H2,1H3,(H2,8,10). The van der Waals surface area contributed by atoms with Crippen LogP contribution in [0, 0.1) is 0 Å². The van der Waals surface area contributed by atoms with Gasteiger partial charge in [-0.05, 0) is 12.8 Å². The summed E-state index contributed by atoms with van der Waals surface area (Å²) in [6.45, 7) is -0.0752. The van der Waals surface area contributed by atoms with E-state index in [9.17, 15) is 4.79 Å². The highest BCUT2D eigenvalue weighted by Crippen LogP contribution is 2.22. The first-order chi connectivity index (χ1) is 5.72. The summed E-state index contributed by atoms with van der Waals surface area (Å²) in [5.41, 5.74) is 7.60. The van der Waals surface area contributed by atoms with Crippen molar-refractivity contribution in [2.24, 2.45) is 5.73 Å². The average molecular weight is 174 g/mol. The Morgan fingerprint density at radius 3 is 2.83 bits per heavy atom. The van der Waals surface area contributed by atoms with Gasteiger partial charge in [0.05, 0.1) is 6.10 Å². The second-order valence-corrected chi connectivity index (χ2v) is 2.90. The quantitative estimate of drug-likeness (QED) is 0.533. The number of amides is 1. The van der Waals surface area contributed by atoms with Gasteiger partial charge < -0.3 is 10.5 Å². The number of carbonyl (C=O) groups excluding carboxylic acids is 1. The van der Waals surface area contributed by atoms with Gasteiger partial charge in [0.25, 0.3) is 0 Å². The normalized spacial score (nSPS) is 28.1. The van der Waals surface area contributed by atoms with Crippen LogP contribution in [0.15, 0.2) is 0 Å². The summed E-state index contributed by atoms with van der Waals surface area (Å²) < 4.78 is 5.06. The maximum Gasteiger partial charge on any atom is 0.245 e. The number of carbonyl (C=O) groups is 1. The molecule has 0 spiro atoms. The summed E-state index contributed by atoms with van der Waals surface area (Å²) >= 11 is 0. The number of methoxy groups -OCH3 is 1. The Morgan fingerprint density at radius 1 is 1.67 bits per heavy atom. The third-order valence-corrected chi connectivity index (χ3v) is 1.89. The van der Waals surface area contributed by atoms with E-state index < -0.39 is 5.91 Å². The van der Waals surface area contributed by atoms with Crippen LogP contribution in [0.25, 0.3) is 0 Å². The number of ether oxygens (including phenoxy) is 1. The molecule has 3 N–H and O–H groups in total. The third-order valence-electron chi connectivity index (χ3n) is 1.89. The van der Waals surface area contributed by atoms with Gasteiger partial charge in [0.1, 0.15) is 6.61 Å². The zero-order valence-corrected chi connectivity index (χ0v) is 7.08.